The van der Waals surface area contributed by atoms with Gasteiger partial charge in [0.1, 0.15) is 5.75 Å². The van der Waals surface area contributed by atoms with E-state index in [9.17, 15) is 19.2 Å². The van der Waals surface area contributed by atoms with Gasteiger partial charge in [-0.1, -0.05) is 0 Å². The SMILES string of the molecule is COCCN1CCN(C(=O)[C@H]2CC[C@H](Cn3c(=O)[nH]c4ccc(OC)cc4c3=O)CC2)CC1=O. The van der Waals surface area contributed by atoms with Crippen molar-refractivity contribution in [1.82, 2.24) is 19.4 Å². The number of aromatic amines is 1. The average Bonchev–Trinajstić information content (AvgIpc) is 2.85. The molecule has 2 fully saturated rings. The third-order valence-corrected chi connectivity index (χ3v) is 7.02. The molecule has 0 unspecified atom stereocenters. The lowest BCUT2D eigenvalue weighted by molar-refractivity contribution is -0.148. The summed E-state index contributed by atoms with van der Waals surface area (Å²) >= 11 is 0. The number of aromatic nitrogens is 2. The van der Waals surface area contributed by atoms with Crippen LogP contribution in [0.3, 0.4) is 0 Å². The van der Waals surface area contributed by atoms with Crippen LogP contribution in [0.1, 0.15) is 25.7 Å². The van der Waals surface area contributed by atoms with E-state index in [0.717, 1.165) is 12.8 Å². The van der Waals surface area contributed by atoms with E-state index >= 15 is 0 Å². The number of fused-ring (bicyclic) bond motifs is 1. The molecule has 0 bridgehead atoms. The Balaban J connectivity index is 1.36. The Morgan fingerprint density at radius 1 is 1.09 bits per heavy atom. The van der Waals surface area contributed by atoms with Gasteiger partial charge in [0.25, 0.3) is 5.56 Å². The van der Waals surface area contributed by atoms with Crippen LogP contribution in [-0.2, 0) is 20.9 Å². The van der Waals surface area contributed by atoms with Gasteiger partial charge in [0, 0.05) is 39.2 Å². The summed E-state index contributed by atoms with van der Waals surface area (Å²) in [5.74, 6) is 0.562. The monoisotopic (exact) mass is 472 g/mol. The molecule has 1 aromatic heterocycles. The van der Waals surface area contributed by atoms with Crippen molar-refractivity contribution in [3.8, 4) is 5.75 Å². The minimum Gasteiger partial charge on any atom is -0.497 e. The molecule has 0 radical (unpaired) electrons. The van der Waals surface area contributed by atoms with Gasteiger partial charge in [-0.05, 0) is 49.8 Å². The number of benzene rings is 1. The summed E-state index contributed by atoms with van der Waals surface area (Å²) in [6, 6.07) is 5.00. The van der Waals surface area contributed by atoms with Crippen molar-refractivity contribution in [2.75, 3.05) is 47.0 Å². The minimum atomic E-state index is -0.425. The summed E-state index contributed by atoms with van der Waals surface area (Å²) < 4.78 is 11.5. The van der Waals surface area contributed by atoms with Crippen LogP contribution < -0.4 is 16.0 Å². The highest BCUT2D eigenvalue weighted by Crippen LogP contribution is 2.31. The molecule has 34 heavy (non-hydrogen) atoms. The Morgan fingerprint density at radius 3 is 2.53 bits per heavy atom. The first kappa shape index (κ1) is 24.0. The maximum atomic E-state index is 13.0. The third kappa shape index (κ3) is 5.01. The Labute approximate surface area is 197 Å². The molecule has 2 heterocycles. The molecule has 0 atom stereocenters. The van der Waals surface area contributed by atoms with Crippen LogP contribution >= 0.6 is 0 Å². The van der Waals surface area contributed by atoms with Crippen LogP contribution in [0.4, 0.5) is 0 Å². The van der Waals surface area contributed by atoms with Crippen LogP contribution in [0, 0.1) is 11.8 Å². The van der Waals surface area contributed by atoms with E-state index in [2.05, 4.69) is 4.98 Å². The molecule has 1 aromatic carbocycles. The molecule has 0 spiro atoms. The Hall–Kier alpha value is -3.14. The maximum Gasteiger partial charge on any atom is 0.328 e. The van der Waals surface area contributed by atoms with Gasteiger partial charge in [0.05, 0.1) is 31.2 Å². The molecule has 4 rings (SSSR count). The highest BCUT2D eigenvalue weighted by Gasteiger charge is 2.33. The smallest absolute Gasteiger partial charge is 0.328 e. The van der Waals surface area contributed by atoms with Gasteiger partial charge in [-0.25, -0.2) is 4.79 Å². The van der Waals surface area contributed by atoms with Crippen molar-refractivity contribution in [2.24, 2.45) is 11.8 Å². The first-order valence-corrected chi connectivity index (χ1v) is 11.8. The molecule has 10 nitrogen and oxygen atoms in total. The lowest BCUT2D eigenvalue weighted by Gasteiger charge is -2.37. The molecular formula is C24H32N4O6. The van der Waals surface area contributed by atoms with Crippen LogP contribution in [0.25, 0.3) is 10.9 Å². The quantitative estimate of drug-likeness (QED) is 0.638. The molecular weight excluding hydrogens is 440 g/mol. The third-order valence-electron chi connectivity index (χ3n) is 7.02. The summed E-state index contributed by atoms with van der Waals surface area (Å²) in [7, 11) is 3.13. The van der Waals surface area contributed by atoms with Gasteiger partial charge >= 0.3 is 5.69 Å². The van der Waals surface area contributed by atoms with Gasteiger partial charge in [0.2, 0.25) is 11.8 Å². The number of piperazine rings is 1. The van der Waals surface area contributed by atoms with Gasteiger partial charge in [0.15, 0.2) is 0 Å². The largest absolute Gasteiger partial charge is 0.497 e. The summed E-state index contributed by atoms with van der Waals surface area (Å²) in [6.07, 6.45) is 2.88. The fourth-order valence-electron chi connectivity index (χ4n) is 4.97. The van der Waals surface area contributed by atoms with Gasteiger partial charge in [-0.3, -0.25) is 19.0 Å². The number of rotatable bonds is 7. The van der Waals surface area contributed by atoms with Crippen molar-refractivity contribution in [2.45, 2.75) is 32.2 Å². The van der Waals surface area contributed by atoms with Gasteiger partial charge < -0.3 is 24.3 Å². The Morgan fingerprint density at radius 2 is 1.85 bits per heavy atom. The molecule has 1 aliphatic heterocycles. The van der Waals surface area contributed by atoms with Crippen LogP contribution in [0.5, 0.6) is 5.75 Å². The molecule has 2 amide bonds. The number of methoxy groups -OCH3 is 2. The van der Waals surface area contributed by atoms with E-state index in [1.165, 1.54) is 11.7 Å². The van der Waals surface area contributed by atoms with Crippen molar-refractivity contribution in [3.05, 3.63) is 39.0 Å². The number of amides is 2. The van der Waals surface area contributed by atoms with E-state index < -0.39 is 5.69 Å². The standard InChI is InChI=1S/C24H32N4O6/c1-33-12-11-26-9-10-27(15-21(26)29)22(30)17-5-3-16(4-6-17)14-28-23(31)19-13-18(34-2)7-8-20(19)25-24(28)32/h7-8,13,16-17H,3-6,9-12,14-15H2,1-2H3,(H,25,32)/t16-,17-. The molecule has 1 saturated carbocycles. The van der Waals surface area contributed by atoms with Crippen molar-refractivity contribution >= 4 is 22.7 Å². The normalized spacial score (nSPS) is 21.2. The average molecular weight is 473 g/mol. The lowest BCUT2D eigenvalue weighted by atomic mass is 9.81. The number of H-pyrrole nitrogens is 1. The first-order valence-electron chi connectivity index (χ1n) is 11.8. The lowest BCUT2D eigenvalue weighted by Crippen LogP contribution is -2.54. The van der Waals surface area contributed by atoms with Gasteiger partial charge in [-0.2, -0.15) is 0 Å². The second kappa shape index (κ2) is 10.4. The molecule has 184 valence electrons. The number of nitrogens with zero attached hydrogens (tertiary/aromatic N) is 3. The topological polar surface area (TPSA) is 114 Å². The predicted molar refractivity (Wildman–Crippen MR) is 126 cm³/mol. The second-order valence-corrected chi connectivity index (χ2v) is 9.11. The van der Waals surface area contributed by atoms with Gasteiger partial charge in [-0.15, -0.1) is 0 Å². The fourth-order valence-corrected chi connectivity index (χ4v) is 4.97. The highest BCUT2D eigenvalue weighted by molar-refractivity contribution is 5.87. The molecule has 10 heteroatoms. The summed E-state index contributed by atoms with van der Waals surface area (Å²) in [4.78, 5) is 57.1. The van der Waals surface area contributed by atoms with E-state index in [-0.39, 0.29) is 35.8 Å². The molecule has 1 N–H and O–H groups in total. The fraction of sp³-hybridized carbons (Fsp3) is 0.583. The first-order chi connectivity index (χ1) is 16.4. The Bertz CT molecular complexity index is 1160. The van der Waals surface area contributed by atoms with Crippen molar-refractivity contribution in [1.29, 1.82) is 0 Å². The summed E-state index contributed by atoms with van der Waals surface area (Å²) in [5.41, 5.74) is -0.273. The maximum absolute atomic E-state index is 13.0. The van der Waals surface area contributed by atoms with E-state index in [1.807, 2.05) is 0 Å². The van der Waals surface area contributed by atoms with E-state index in [0.29, 0.717) is 62.3 Å². The summed E-state index contributed by atoms with van der Waals surface area (Å²) in [5, 5.41) is 0.414. The highest BCUT2D eigenvalue weighted by atomic mass is 16.5. The number of nitrogens with one attached hydrogen (secondary N) is 1. The zero-order valence-corrected chi connectivity index (χ0v) is 19.7. The Kier molecular flexibility index (Phi) is 7.35. The summed E-state index contributed by atoms with van der Waals surface area (Å²) in [6.45, 7) is 2.54. The molecule has 1 aliphatic carbocycles. The molecule has 2 aliphatic rings. The minimum absolute atomic E-state index is 0.0333. The van der Waals surface area contributed by atoms with Crippen molar-refractivity contribution < 1.29 is 19.1 Å². The van der Waals surface area contributed by atoms with Crippen LogP contribution in [-0.4, -0.2) is 78.2 Å². The predicted octanol–water partition coefficient (Wildman–Crippen LogP) is 0.822. The van der Waals surface area contributed by atoms with E-state index in [1.54, 1.807) is 35.1 Å². The van der Waals surface area contributed by atoms with Crippen LogP contribution in [0.2, 0.25) is 0 Å². The van der Waals surface area contributed by atoms with E-state index in [4.69, 9.17) is 9.47 Å². The van der Waals surface area contributed by atoms with Crippen molar-refractivity contribution in [3.63, 3.8) is 0 Å². The van der Waals surface area contributed by atoms with Crippen LogP contribution in [0.15, 0.2) is 27.8 Å². The molecule has 2 aromatic rings. The second-order valence-electron chi connectivity index (χ2n) is 9.11. The number of ether oxygens (including phenoxy) is 2. The zero-order chi connectivity index (χ0) is 24.2. The zero-order valence-electron chi connectivity index (χ0n) is 19.7. The number of hydrogen-bond acceptors (Lipinski definition) is 6. The number of carbonyl (C=O) groups is 2. The molecule has 1 saturated heterocycles. The number of hydrogen-bond donors (Lipinski definition) is 1. The number of carbonyl (C=O) groups excluding carboxylic acids is 2.